The second-order valence-corrected chi connectivity index (χ2v) is 7.89. The van der Waals surface area contributed by atoms with Crippen LogP contribution in [0.3, 0.4) is 0 Å². The Labute approximate surface area is 172 Å². The van der Waals surface area contributed by atoms with Crippen LogP contribution in [0.25, 0.3) is 0 Å². The first-order valence-electron chi connectivity index (χ1n) is 9.32. The summed E-state index contributed by atoms with van der Waals surface area (Å²) in [6, 6.07) is 3.68. The topological polar surface area (TPSA) is 120 Å². The van der Waals surface area contributed by atoms with Gasteiger partial charge in [0.05, 0.1) is 13.0 Å². The molecule has 1 saturated heterocycles. The maximum Gasteiger partial charge on any atom is 0.430 e. The lowest BCUT2D eigenvalue weighted by molar-refractivity contribution is -0.658. The molecule has 0 bridgehead atoms. The fourth-order valence-electron chi connectivity index (χ4n) is 3.52. The highest BCUT2D eigenvalue weighted by Gasteiger charge is 2.33. The van der Waals surface area contributed by atoms with Crippen LogP contribution >= 0.6 is 0 Å². The van der Waals surface area contributed by atoms with Crippen molar-refractivity contribution in [3.8, 4) is 5.75 Å². The van der Waals surface area contributed by atoms with E-state index in [9.17, 15) is 27.9 Å². The fourth-order valence-corrected chi connectivity index (χ4v) is 3.52. The summed E-state index contributed by atoms with van der Waals surface area (Å²) in [4.78, 5) is 32.4. The van der Waals surface area contributed by atoms with Gasteiger partial charge in [0.2, 0.25) is 0 Å². The van der Waals surface area contributed by atoms with Gasteiger partial charge in [0.1, 0.15) is 11.7 Å². The molecule has 0 amide bonds. The second-order valence-electron chi connectivity index (χ2n) is 7.89. The van der Waals surface area contributed by atoms with Crippen molar-refractivity contribution in [3.63, 3.8) is 0 Å². The Hall–Kier alpha value is -2.62. The van der Waals surface area contributed by atoms with Crippen molar-refractivity contribution in [1.29, 1.82) is 0 Å². The third-order valence-corrected chi connectivity index (χ3v) is 4.63. The lowest BCUT2D eigenvalue weighted by Crippen LogP contribution is -2.88. The molecule has 0 saturated carbocycles. The molecule has 10 heteroatoms. The number of esters is 1. The predicted octanol–water partition coefficient (Wildman–Crippen LogP) is 0.986. The number of quaternary nitrogens is 1. The first kappa shape index (κ1) is 25.4. The molecular weight excluding hydrogens is 407 g/mol. The molecule has 7 nitrogen and oxygen atoms in total. The van der Waals surface area contributed by atoms with Crippen LogP contribution in [-0.4, -0.2) is 41.8 Å². The molecule has 0 radical (unpaired) electrons. The molecule has 168 valence electrons. The van der Waals surface area contributed by atoms with Gasteiger partial charge in [0.25, 0.3) is 0 Å². The molecule has 2 rings (SSSR count). The summed E-state index contributed by atoms with van der Waals surface area (Å²) < 4.78 is 37.2. The lowest BCUT2D eigenvalue weighted by atomic mass is 9.78. The average Bonchev–Trinajstić information content (AvgIpc) is 3.06. The largest absolute Gasteiger partial charge is 0.542 e. The van der Waals surface area contributed by atoms with Crippen molar-refractivity contribution in [2.45, 2.75) is 64.6 Å². The highest BCUT2D eigenvalue weighted by Crippen LogP contribution is 2.38. The number of aryl methyl sites for hydroxylation is 2. The molecule has 3 N–H and O–H groups in total. The van der Waals surface area contributed by atoms with Crippen LogP contribution in [-0.2, 0) is 19.8 Å². The molecule has 1 aliphatic rings. The second kappa shape index (κ2) is 9.92. The van der Waals surface area contributed by atoms with E-state index in [1.54, 1.807) is 0 Å². The number of benzene rings is 1. The molecule has 30 heavy (non-hydrogen) atoms. The quantitative estimate of drug-likeness (QED) is 0.528. The summed E-state index contributed by atoms with van der Waals surface area (Å²) >= 11 is 0. The van der Waals surface area contributed by atoms with Gasteiger partial charge in [-0.05, 0) is 31.0 Å². The molecule has 1 atom stereocenters. The maximum absolute atomic E-state index is 12.4. The minimum absolute atomic E-state index is 0.0169. The first-order chi connectivity index (χ1) is 13.6. The molecular formula is C20H26F3NO6. The van der Waals surface area contributed by atoms with Gasteiger partial charge in [-0.15, -0.1) is 0 Å². The molecule has 1 aromatic rings. The molecule has 0 spiro atoms. The summed E-state index contributed by atoms with van der Waals surface area (Å²) in [5, 5.41) is 20.0. The van der Waals surface area contributed by atoms with E-state index < -0.39 is 23.5 Å². The van der Waals surface area contributed by atoms with Crippen LogP contribution in [0.15, 0.2) is 12.1 Å². The number of hydrogen-bond acceptors (Lipinski definition) is 5. The molecule has 0 unspecified atom stereocenters. The molecule has 1 fully saturated rings. The van der Waals surface area contributed by atoms with Crippen LogP contribution < -0.4 is 15.2 Å². The highest BCUT2D eigenvalue weighted by molar-refractivity contribution is 5.78. The number of carboxylic acid groups (broad SMARTS) is 2. The Morgan fingerprint density at radius 2 is 1.80 bits per heavy atom. The van der Waals surface area contributed by atoms with E-state index in [0.717, 1.165) is 36.1 Å². The van der Waals surface area contributed by atoms with Crippen molar-refractivity contribution >= 4 is 17.9 Å². The number of nitrogens with two attached hydrogens (primary N) is 1. The van der Waals surface area contributed by atoms with Gasteiger partial charge < -0.3 is 25.1 Å². The zero-order chi connectivity index (χ0) is 23.3. The minimum Gasteiger partial charge on any atom is -0.542 e. The molecule has 1 heterocycles. The summed E-state index contributed by atoms with van der Waals surface area (Å²) in [5.74, 6) is -3.61. The Kier molecular flexibility index (Phi) is 8.41. The zero-order valence-electron chi connectivity index (χ0n) is 17.3. The van der Waals surface area contributed by atoms with Crippen molar-refractivity contribution in [2.24, 2.45) is 0 Å². The normalized spacial score (nSPS) is 16.4. The number of carbonyl (C=O) groups excluding carboxylic acids is 2. The van der Waals surface area contributed by atoms with Crippen LogP contribution in [0.2, 0.25) is 0 Å². The number of halogens is 3. The predicted molar refractivity (Wildman–Crippen MR) is 97.7 cm³/mol. The van der Waals surface area contributed by atoms with Crippen LogP contribution in [0.4, 0.5) is 13.2 Å². The van der Waals surface area contributed by atoms with Gasteiger partial charge in [-0.2, -0.15) is 13.2 Å². The Morgan fingerprint density at radius 1 is 1.23 bits per heavy atom. The van der Waals surface area contributed by atoms with E-state index in [1.807, 2.05) is 45.1 Å². The number of aliphatic carboxylic acids is 2. The number of carbonyl (C=O) groups is 3. The van der Waals surface area contributed by atoms with E-state index in [2.05, 4.69) is 0 Å². The van der Waals surface area contributed by atoms with Crippen LogP contribution in [0.5, 0.6) is 5.75 Å². The standard InChI is InChI=1S/C18H25NO4.C2HF3O2/c1-11-8-12(2)16(18(3,4)10-15(20)21)14(9-11)23-17(22)13-6-5-7-19-13;3-2(4,5)1(6)7/h8-9,13,19H,5-7,10H2,1-4H3,(H,20,21);(H,6,7)/t13-;/m0./s1. The molecule has 1 aromatic carbocycles. The SMILES string of the molecule is Cc1cc(C)c(C(C)(C)CC(=O)O)c(OC(=O)[C@@H]2CCC[NH2+]2)c1.O=C([O-])C(F)(F)F. The molecule has 0 aromatic heterocycles. The minimum atomic E-state index is -5.19. The van der Waals surface area contributed by atoms with Gasteiger partial charge in [-0.25, -0.2) is 4.79 Å². The number of alkyl halides is 3. The van der Waals surface area contributed by atoms with E-state index in [4.69, 9.17) is 14.6 Å². The van der Waals surface area contributed by atoms with Crippen molar-refractivity contribution in [1.82, 2.24) is 0 Å². The van der Waals surface area contributed by atoms with Gasteiger partial charge in [0, 0.05) is 23.8 Å². The third-order valence-electron chi connectivity index (χ3n) is 4.63. The number of ether oxygens (including phenoxy) is 1. The monoisotopic (exact) mass is 433 g/mol. The Balaban J connectivity index is 0.000000553. The summed E-state index contributed by atoms with van der Waals surface area (Å²) in [5.41, 5.74) is 2.14. The lowest BCUT2D eigenvalue weighted by Gasteiger charge is -2.28. The van der Waals surface area contributed by atoms with Crippen LogP contribution in [0.1, 0.15) is 49.8 Å². The van der Waals surface area contributed by atoms with Crippen molar-refractivity contribution in [2.75, 3.05) is 6.54 Å². The third kappa shape index (κ3) is 7.33. The molecule has 0 aliphatic carbocycles. The number of rotatable bonds is 5. The number of hydrogen-bond donors (Lipinski definition) is 2. The summed E-state index contributed by atoms with van der Waals surface area (Å²) in [7, 11) is 0. The van der Waals surface area contributed by atoms with Crippen molar-refractivity contribution < 1.29 is 47.8 Å². The van der Waals surface area contributed by atoms with Gasteiger partial charge in [-0.1, -0.05) is 19.9 Å². The van der Waals surface area contributed by atoms with Crippen molar-refractivity contribution in [3.05, 3.63) is 28.8 Å². The van der Waals surface area contributed by atoms with E-state index in [-0.39, 0.29) is 18.4 Å². The van der Waals surface area contributed by atoms with Crippen LogP contribution in [0, 0.1) is 13.8 Å². The van der Waals surface area contributed by atoms with Gasteiger partial charge >= 0.3 is 18.1 Å². The molecule has 1 aliphatic heterocycles. The van der Waals surface area contributed by atoms with E-state index in [0.29, 0.717) is 5.75 Å². The fraction of sp³-hybridized carbons (Fsp3) is 0.550. The van der Waals surface area contributed by atoms with E-state index >= 15 is 0 Å². The van der Waals surface area contributed by atoms with Gasteiger partial charge in [0.15, 0.2) is 6.04 Å². The van der Waals surface area contributed by atoms with Gasteiger partial charge in [-0.3, -0.25) is 4.79 Å². The highest BCUT2D eigenvalue weighted by atomic mass is 19.4. The Bertz CT molecular complexity index is 798. The summed E-state index contributed by atoms with van der Waals surface area (Å²) in [6.07, 6.45) is -3.36. The Morgan fingerprint density at radius 3 is 2.23 bits per heavy atom. The number of carboxylic acids is 2. The first-order valence-corrected chi connectivity index (χ1v) is 9.32. The summed E-state index contributed by atoms with van der Waals surface area (Å²) in [6.45, 7) is 8.57. The van der Waals surface area contributed by atoms with E-state index in [1.165, 1.54) is 0 Å². The average molecular weight is 433 g/mol. The maximum atomic E-state index is 12.4. The smallest absolute Gasteiger partial charge is 0.430 e. The zero-order valence-corrected chi connectivity index (χ0v) is 17.3.